The molecule has 0 amide bonds. The first-order valence-corrected chi connectivity index (χ1v) is 12.8. The Hall–Kier alpha value is -2.68. The first kappa shape index (κ1) is 28.9. The van der Waals surface area contributed by atoms with Crippen molar-refractivity contribution in [2.45, 2.75) is 50.5 Å². The Morgan fingerprint density at radius 3 is 2.24 bits per heavy atom. The molecule has 37 heavy (non-hydrogen) atoms. The molecule has 0 aromatic heterocycles. The third-order valence-electron chi connectivity index (χ3n) is 5.61. The van der Waals surface area contributed by atoms with Gasteiger partial charge in [0.15, 0.2) is 0 Å². The van der Waals surface area contributed by atoms with E-state index in [2.05, 4.69) is 4.18 Å². The van der Waals surface area contributed by atoms with Gasteiger partial charge in [-0.1, -0.05) is 30.3 Å². The Bertz CT molecular complexity index is 1080. The first-order valence-electron chi connectivity index (χ1n) is 11.4. The van der Waals surface area contributed by atoms with E-state index in [0.29, 0.717) is 0 Å². The predicted molar refractivity (Wildman–Crippen MR) is 119 cm³/mol. The molecule has 0 saturated carbocycles. The fourth-order valence-electron chi connectivity index (χ4n) is 4.21. The monoisotopic (exact) mass is 552 g/mol. The van der Waals surface area contributed by atoms with Gasteiger partial charge < -0.3 is 27.9 Å². The highest BCUT2D eigenvalue weighted by molar-refractivity contribution is 7.87. The summed E-state index contributed by atoms with van der Waals surface area (Å²) in [6.07, 6.45) is -1.39. The molecule has 0 unspecified atom stereocenters. The van der Waals surface area contributed by atoms with E-state index in [1.807, 2.05) is 30.3 Å². The van der Waals surface area contributed by atoms with Crippen molar-refractivity contribution in [3.05, 3.63) is 47.2 Å². The summed E-state index contributed by atoms with van der Waals surface area (Å²) in [5.41, 5.74) is -7.97. The van der Waals surface area contributed by atoms with Crippen LogP contribution in [0.2, 0.25) is 0 Å². The van der Waals surface area contributed by atoms with Crippen LogP contribution in [0, 0.1) is 5.92 Å². The van der Waals surface area contributed by atoms with E-state index in [-0.39, 0.29) is 39.6 Å². The Kier molecular flexibility index (Phi) is 9.21. The number of carbonyl (C=O) groups is 2. The second-order valence-electron chi connectivity index (χ2n) is 8.14. The van der Waals surface area contributed by atoms with Gasteiger partial charge in [0, 0.05) is 17.9 Å². The zero-order chi connectivity index (χ0) is 27.3. The molecule has 2 heterocycles. The maximum Gasteiger partial charge on any atom is 0.534 e. The number of rotatable bonds is 12. The average molecular weight is 553 g/mol. The van der Waals surface area contributed by atoms with Gasteiger partial charge in [-0.3, -0.25) is 0 Å². The highest BCUT2D eigenvalue weighted by Gasteiger charge is 2.64. The number of esters is 2. The van der Waals surface area contributed by atoms with Crippen LogP contribution in [0.25, 0.3) is 0 Å². The molecule has 1 aliphatic carbocycles. The van der Waals surface area contributed by atoms with Crippen LogP contribution in [-0.2, 0) is 54.2 Å². The van der Waals surface area contributed by atoms with Crippen molar-refractivity contribution in [3.8, 4) is 0 Å². The standard InChI is InChI=1S/C23H27F3O10S/c1-3-33-20(27)22(21(28)34-4-2)19-16(13-32-14-31-12-15-8-6-5-7-9-15)10-17(35-22)11-18(19)36-37(29,30)23(24,25)26/h5-9,16-17H,3-4,10-14H2,1-2H3/t16-,17+/m0/s1. The molecule has 1 fully saturated rings. The molecule has 2 bridgehead atoms. The lowest BCUT2D eigenvalue weighted by atomic mass is 9.72. The topological polar surface area (TPSA) is 124 Å². The van der Waals surface area contributed by atoms with Gasteiger partial charge in [0.1, 0.15) is 12.6 Å². The zero-order valence-corrected chi connectivity index (χ0v) is 20.9. The summed E-state index contributed by atoms with van der Waals surface area (Å²) in [6, 6.07) is 9.16. The fourth-order valence-corrected chi connectivity index (χ4v) is 4.73. The summed E-state index contributed by atoms with van der Waals surface area (Å²) < 4.78 is 94.1. The molecule has 4 rings (SSSR count). The first-order chi connectivity index (χ1) is 17.5. The molecule has 10 nitrogen and oxygen atoms in total. The minimum Gasteiger partial charge on any atom is -0.463 e. The second-order valence-corrected chi connectivity index (χ2v) is 9.68. The third kappa shape index (κ3) is 6.25. The number of fused-ring (bicyclic) bond motifs is 3. The van der Waals surface area contributed by atoms with Crippen molar-refractivity contribution in [2.75, 3.05) is 26.6 Å². The summed E-state index contributed by atoms with van der Waals surface area (Å²) in [4.78, 5) is 26.1. The van der Waals surface area contributed by atoms with Gasteiger partial charge in [-0.15, -0.1) is 0 Å². The van der Waals surface area contributed by atoms with Crippen LogP contribution < -0.4 is 0 Å². The Balaban J connectivity index is 1.92. The number of carbonyl (C=O) groups excluding carboxylic acids is 2. The van der Waals surface area contributed by atoms with E-state index in [4.69, 9.17) is 23.7 Å². The van der Waals surface area contributed by atoms with E-state index in [1.54, 1.807) is 0 Å². The summed E-state index contributed by atoms with van der Waals surface area (Å²) in [7, 11) is -6.11. The van der Waals surface area contributed by atoms with Crippen LogP contribution in [0.1, 0.15) is 32.3 Å². The summed E-state index contributed by atoms with van der Waals surface area (Å²) >= 11 is 0. The van der Waals surface area contributed by atoms with Crippen molar-refractivity contribution < 1.29 is 59.0 Å². The van der Waals surface area contributed by atoms with Crippen molar-refractivity contribution in [1.29, 1.82) is 0 Å². The zero-order valence-electron chi connectivity index (χ0n) is 20.1. The Morgan fingerprint density at radius 2 is 1.68 bits per heavy atom. The normalized spacial score (nSPS) is 21.0. The SMILES string of the molecule is CCOC(=O)C1(C(=O)OCC)O[C@H]2CC(OS(=O)(=O)C(F)(F)F)=C1[C@H](COCOCc1ccccc1)C2. The van der Waals surface area contributed by atoms with Gasteiger partial charge in [-0.05, 0) is 25.8 Å². The fraction of sp³-hybridized carbons (Fsp3) is 0.565. The number of halogens is 3. The Labute approximate surface area is 211 Å². The van der Waals surface area contributed by atoms with E-state index in [9.17, 15) is 31.2 Å². The summed E-state index contributed by atoms with van der Waals surface area (Å²) in [6.45, 7) is 2.23. The van der Waals surface area contributed by atoms with Gasteiger partial charge in [0.05, 0.1) is 32.5 Å². The quantitative estimate of drug-likeness (QED) is 0.0955. The molecule has 0 N–H and O–H groups in total. The second kappa shape index (κ2) is 11.8. The summed E-state index contributed by atoms with van der Waals surface area (Å²) in [5, 5.41) is 0. The van der Waals surface area contributed by atoms with Gasteiger partial charge in [0.25, 0.3) is 5.60 Å². The molecule has 2 aliphatic heterocycles. The average Bonchev–Trinajstić information content (AvgIpc) is 2.83. The molecule has 0 radical (unpaired) electrons. The number of alkyl halides is 3. The van der Waals surface area contributed by atoms with E-state index in [0.717, 1.165) is 5.56 Å². The van der Waals surface area contributed by atoms with Crippen LogP contribution >= 0.6 is 0 Å². The van der Waals surface area contributed by atoms with E-state index in [1.165, 1.54) is 13.8 Å². The molecule has 1 saturated heterocycles. The summed E-state index contributed by atoms with van der Waals surface area (Å²) in [5.74, 6) is -4.20. The predicted octanol–water partition coefficient (Wildman–Crippen LogP) is 2.97. The molecule has 0 spiro atoms. The van der Waals surface area contributed by atoms with Crippen LogP contribution in [0.15, 0.2) is 41.7 Å². The maximum atomic E-state index is 13.1. The van der Waals surface area contributed by atoms with E-state index < -0.39 is 62.9 Å². The maximum absolute atomic E-state index is 13.1. The Morgan fingerprint density at radius 1 is 1.05 bits per heavy atom. The van der Waals surface area contributed by atoms with Crippen LogP contribution in [0.5, 0.6) is 0 Å². The van der Waals surface area contributed by atoms with Crippen LogP contribution in [-0.4, -0.2) is 64.2 Å². The number of ether oxygens (including phenoxy) is 5. The molecule has 1 aromatic carbocycles. The van der Waals surface area contributed by atoms with Gasteiger partial charge in [-0.25, -0.2) is 9.59 Å². The van der Waals surface area contributed by atoms with Crippen molar-refractivity contribution in [3.63, 3.8) is 0 Å². The molecule has 3 aliphatic rings. The number of benzene rings is 1. The largest absolute Gasteiger partial charge is 0.534 e. The van der Waals surface area contributed by atoms with E-state index >= 15 is 0 Å². The van der Waals surface area contributed by atoms with Crippen molar-refractivity contribution in [1.82, 2.24) is 0 Å². The van der Waals surface area contributed by atoms with Crippen molar-refractivity contribution >= 4 is 22.1 Å². The van der Waals surface area contributed by atoms with Gasteiger partial charge >= 0.3 is 27.6 Å². The smallest absolute Gasteiger partial charge is 0.463 e. The molecule has 206 valence electrons. The minimum absolute atomic E-state index is 0.105. The lowest BCUT2D eigenvalue weighted by Crippen LogP contribution is -2.62. The van der Waals surface area contributed by atoms with Crippen molar-refractivity contribution in [2.24, 2.45) is 5.92 Å². The lowest BCUT2D eigenvalue weighted by molar-refractivity contribution is -0.205. The van der Waals surface area contributed by atoms with Crippen LogP contribution in [0.3, 0.4) is 0 Å². The highest BCUT2D eigenvalue weighted by Crippen LogP contribution is 2.49. The highest BCUT2D eigenvalue weighted by atomic mass is 32.2. The van der Waals surface area contributed by atoms with Gasteiger partial charge in [-0.2, -0.15) is 21.6 Å². The molecular formula is C23H27F3O10S. The molecule has 14 heteroatoms. The minimum atomic E-state index is -6.11. The number of hydrogen-bond acceptors (Lipinski definition) is 10. The van der Waals surface area contributed by atoms with Gasteiger partial charge in [0.2, 0.25) is 0 Å². The molecule has 1 aromatic rings. The van der Waals surface area contributed by atoms with Crippen LogP contribution in [0.4, 0.5) is 13.2 Å². The lowest BCUT2D eigenvalue weighted by Gasteiger charge is -2.47. The number of hydrogen-bond donors (Lipinski definition) is 0. The molecule has 2 atom stereocenters. The molecular weight excluding hydrogens is 525 g/mol. The third-order valence-corrected chi connectivity index (χ3v) is 6.60.